The van der Waals surface area contributed by atoms with Crippen molar-refractivity contribution >= 4 is 18.2 Å². The zero-order valence-electron chi connectivity index (χ0n) is 14.2. The molecule has 0 spiro atoms. The van der Waals surface area contributed by atoms with Gasteiger partial charge in [0, 0.05) is 0 Å². The maximum Gasteiger partial charge on any atom is 0.514 e. The van der Waals surface area contributed by atoms with Gasteiger partial charge >= 0.3 is 12.3 Å². The Balaban J connectivity index is 2.43. The second-order valence-corrected chi connectivity index (χ2v) is 4.87. The number of methoxy groups -OCH3 is 3. The maximum absolute atomic E-state index is 11.6. The summed E-state index contributed by atoms with van der Waals surface area (Å²) in [6.07, 6.45) is -1.86. The third kappa shape index (κ3) is 4.19. The fourth-order valence-electron chi connectivity index (χ4n) is 2.15. The summed E-state index contributed by atoms with van der Waals surface area (Å²) in [5.41, 5.74) is 3.76. The minimum Gasteiger partial charge on any atom is -0.497 e. The van der Waals surface area contributed by atoms with Crippen LogP contribution < -0.4 is 10.2 Å². The average Bonchev–Trinajstić information content (AvgIpc) is 2.64. The quantitative estimate of drug-likeness (QED) is 0.829. The Bertz CT molecular complexity index is 710. The molecule has 1 unspecified atom stereocenters. The van der Waals surface area contributed by atoms with Crippen LogP contribution in [0.2, 0.25) is 0 Å². The van der Waals surface area contributed by atoms with Crippen LogP contribution in [0.4, 0.5) is 9.59 Å². The molecule has 1 aliphatic heterocycles. The average molecular weight is 350 g/mol. The van der Waals surface area contributed by atoms with Crippen molar-refractivity contribution in [2.24, 2.45) is 5.10 Å². The Morgan fingerprint density at radius 2 is 1.60 bits per heavy atom. The van der Waals surface area contributed by atoms with E-state index in [1.807, 2.05) is 0 Å². The van der Waals surface area contributed by atoms with Crippen molar-refractivity contribution in [3.8, 4) is 5.75 Å². The zero-order chi connectivity index (χ0) is 18.4. The lowest BCUT2D eigenvalue weighted by Crippen LogP contribution is -2.31. The minimum absolute atomic E-state index is 0.0403. The van der Waals surface area contributed by atoms with Gasteiger partial charge in [0.05, 0.1) is 27.0 Å². The molecular weight excluding hydrogens is 332 g/mol. The van der Waals surface area contributed by atoms with Crippen molar-refractivity contribution < 1.29 is 33.3 Å². The van der Waals surface area contributed by atoms with E-state index in [4.69, 9.17) is 14.2 Å². The van der Waals surface area contributed by atoms with Crippen molar-refractivity contribution in [1.82, 2.24) is 5.43 Å². The van der Waals surface area contributed by atoms with Crippen molar-refractivity contribution in [2.75, 3.05) is 21.3 Å². The topological polar surface area (TPSA) is 105 Å². The van der Waals surface area contributed by atoms with E-state index in [1.54, 1.807) is 38.3 Å². The molecule has 0 aromatic heterocycles. The third-order valence-corrected chi connectivity index (χ3v) is 3.38. The lowest BCUT2D eigenvalue weighted by Gasteiger charge is -2.26. The SMILES string of the molecule is COC(=O)OC1=NNC(C)=C(OC(=O)OC)C1c1ccc(OC)cc1. The molecule has 0 bridgehead atoms. The number of carbonyl (C=O) groups is 2. The lowest BCUT2D eigenvalue weighted by molar-refractivity contribution is 0.0908. The van der Waals surface area contributed by atoms with Gasteiger partial charge in [-0.05, 0) is 24.6 Å². The summed E-state index contributed by atoms with van der Waals surface area (Å²) >= 11 is 0. The molecule has 0 amide bonds. The molecule has 2 rings (SSSR count). The summed E-state index contributed by atoms with van der Waals surface area (Å²) in [5.74, 6) is 0.0268. The molecule has 9 heteroatoms. The molecule has 1 atom stereocenters. The Labute approximate surface area is 144 Å². The summed E-state index contributed by atoms with van der Waals surface area (Å²) in [4.78, 5) is 23.1. The van der Waals surface area contributed by atoms with E-state index in [1.165, 1.54) is 14.2 Å². The lowest BCUT2D eigenvalue weighted by atomic mass is 9.94. The van der Waals surface area contributed by atoms with E-state index < -0.39 is 18.2 Å². The Morgan fingerprint density at radius 1 is 1.00 bits per heavy atom. The molecule has 1 aliphatic rings. The summed E-state index contributed by atoms with van der Waals surface area (Å²) < 4.78 is 24.5. The summed E-state index contributed by atoms with van der Waals surface area (Å²) in [5, 5.41) is 4.00. The molecule has 1 aromatic carbocycles. The number of hydrogen-bond donors (Lipinski definition) is 1. The van der Waals surface area contributed by atoms with Gasteiger partial charge < -0.3 is 23.7 Å². The van der Waals surface area contributed by atoms with Gasteiger partial charge in [-0.1, -0.05) is 12.1 Å². The molecule has 1 aromatic rings. The highest BCUT2D eigenvalue weighted by molar-refractivity contribution is 5.94. The van der Waals surface area contributed by atoms with Gasteiger partial charge in [-0.3, -0.25) is 5.43 Å². The second kappa shape index (κ2) is 8.04. The molecular formula is C16H18N2O7. The number of carbonyl (C=O) groups excluding carboxylic acids is 2. The van der Waals surface area contributed by atoms with Gasteiger partial charge in [-0.2, -0.15) is 0 Å². The maximum atomic E-state index is 11.6. The molecule has 25 heavy (non-hydrogen) atoms. The first kappa shape index (κ1) is 18.1. The first-order chi connectivity index (χ1) is 12.0. The van der Waals surface area contributed by atoms with Crippen LogP contribution in [0.25, 0.3) is 0 Å². The summed E-state index contributed by atoms with van der Waals surface area (Å²) in [6.45, 7) is 1.66. The first-order valence-electron chi connectivity index (χ1n) is 7.20. The van der Waals surface area contributed by atoms with Gasteiger partial charge in [0.15, 0.2) is 0 Å². The van der Waals surface area contributed by atoms with Crippen LogP contribution in [-0.4, -0.2) is 39.5 Å². The highest BCUT2D eigenvalue weighted by atomic mass is 16.7. The number of hydrogen-bond acceptors (Lipinski definition) is 9. The fraction of sp³-hybridized carbons (Fsp3) is 0.312. The van der Waals surface area contributed by atoms with Gasteiger partial charge in [0.2, 0.25) is 5.90 Å². The predicted molar refractivity (Wildman–Crippen MR) is 86.0 cm³/mol. The second-order valence-electron chi connectivity index (χ2n) is 4.87. The highest BCUT2D eigenvalue weighted by Gasteiger charge is 2.34. The molecule has 1 heterocycles. The van der Waals surface area contributed by atoms with Crippen LogP contribution in [0.3, 0.4) is 0 Å². The van der Waals surface area contributed by atoms with Crippen molar-refractivity contribution in [3.05, 3.63) is 41.3 Å². The molecule has 134 valence electrons. The number of nitrogens with one attached hydrogen (secondary N) is 1. The van der Waals surface area contributed by atoms with Crippen LogP contribution in [0.15, 0.2) is 40.8 Å². The van der Waals surface area contributed by atoms with E-state index in [-0.39, 0.29) is 11.7 Å². The summed E-state index contributed by atoms with van der Waals surface area (Å²) in [7, 11) is 3.91. The Hall–Kier alpha value is -3.23. The van der Waals surface area contributed by atoms with Gasteiger partial charge in [0.25, 0.3) is 0 Å². The minimum atomic E-state index is -0.948. The molecule has 0 aliphatic carbocycles. The third-order valence-electron chi connectivity index (χ3n) is 3.38. The highest BCUT2D eigenvalue weighted by Crippen LogP contribution is 2.33. The molecule has 0 saturated heterocycles. The number of ether oxygens (including phenoxy) is 5. The van der Waals surface area contributed by atoms with Crippen molar-refractivity contribution in [1.29, 1.82) is 0 Å². The normalized spacial score (nSPS) is 16.3. The monoisotopic (exact) mass is 350 g/mol. The van der Waals surface area contributed by atoms with Gasteiger partial charge in [-0.25, -0.2) is 9.59 Å². The standard InChI is InChI=1S/C16H18N2O7/c1-9-13(24-15(19)22-3)12(10-5-7-11(21-2)8-6-10)14(18-17-9)25-16(20)23-4/h5-8,12,17H,1-4H3. The number of benzene rings is 1. The van der Waals surface area contributed by atoms with Crippen molar-refractivity contribution in [3.63, 3.8) is 0 Å². The molecule has 9 nitrogen and oxygen atoms in total. The molecule has 0 fully saturated rings. The van der Waals surface area contributed by atoms with Crippen LogP contribution in [0.5, 0.6) is 5.75 Å². The Morgan fingerprint density at radius 3 is 2.16 bits per heavy atom. The Kier molecular flexibility index (Phi) is 5.83. The number of allylic oxidation sites excluding steroid dienone is 1. The van der Waals surface area contributed by atoms with Crippen LogP contribution in [0.1, 0.15) is 18.4 Å². The van der Waals surface area contributed by atoms with E-state index in [2.05, 4.69) is 20.0 Å². The fourth-order valence-corrected chi connectivity index (χ4v) is 2.15. The van der Waals surface area contributed by atoms with E-state index >= 15 is 0 Å². The van der Waals surface area contributed by atoms with Gasteiger partial charge in [-0.15, -0.1) is 5.10 Å². The zero-order valence-corrected chi connectivity index (χ0v) is 14.2. The molecule has 0 saturated carbocycles. The number of rotatable bonds is 3. The molecule has 1 N–H and O–H groups in total. The molecule has 0 radical (unpaired) electrons. The first-order valence-corrected chi connectivity index (χ1v) is 7.20. The summed E-state index contributed by atoms with van der Waals surface area (Å²) in [6, 6.07) is 6.91. The van der Waals surface area contributed by atoms with Crippen LogP contribution >= 0.6 is 0 Å². The largest absolute Gasteiger partial charge is 0.514 e. The van der Waals surface area contributed by atoms with Crippen molar-refractivity contribution in [2.45, 2.75) is 12.8 Å². The van der Waals surface area contributed by atoms with E-state index in [0.29, 0.717) is 17.0 Å². The van der Waals surface area contributed by atoms with E-state index in [0.717, 1.165) is 0 Å². The van der Waals surface area contributed by atoms with Crippen LogP contribution in [-0.2, 0) is 18.9 Å². The van der Waals surface area contributed by atoms with E-state index in [9.17, 15) is 9.59 Å². The smallest absolute Gasteiger partial charge is 0.497 e. The van der Waals surface area contributed by atoms with Crippen LogP contribution in [0, 0.1) is 0 Å². The van der Waals surface area contributed by atoms with Gasteiger partial charge in [0.1, 0.15) is 17.4 Å². The number of hydrazone groups is 1. The predicted octanol–water partition coefficient (Wildman–Crippen LogP) is 2.49. The number of nitrogens with zero attached hydrogens (tertiary/aromatic N) is 1.